The number of rotatable bonds is 9. The van der Waals surface area contributed by atoms with E-state index in [4.69, 9.17) is 0 Å². The topological polar surface area (TPSA) is 86.9 Å². The molecule has 6 heteroatoms. The van der Waals surface area contributed by atoms with Gasteiger partial charge in [0.15, 0.2) is 0 Å². The number of nitrogens with zero attached hydrogens (tertiary/aromatic N) is 1. The second-order valence-electron chi connectivity index (χ2n) is 8.46. The highest BCUT2D eigenvalue weighted by atomic mass is 16.2. The van der Waals surface area contributed by atoms with Gasteiger partial charge in [0.2, 0.25) is 0 Å². The monoisotopic (exact) mass is 454 g/mol. The lowest BCUT2D eigenvalue weighted by Crippen LogP contribution is -2.34. The van der Waals surface area contributed by atoms with Crippen LogP contribution in [0.2, 0.25) is 0 Å². The minimum absolute atomic E-state index is 0.0399. The van der Waals surface area contributed by atoms with Crippen molar-refractivity contribution in [3.63, 3.8) is 0 Å². The Labute approximate surface area is 199 Å². The number of carbonyl (C=O) groups excluding carboxylic acids is 2. The highest BCUT2D eigenvalue weighted by Gasteiger charge is 2.14. The summed E-state index contributed by atoms with van der Waals surface area (Å²) in [6.45, 7) is 4.27. The standard InChI is InChI=1S/C28H30N4O2/c1-3-8-22(9-4-2)29-28(34)21-14-12-19(13-15-21)26-31-24-17-16-23(18-25(24)32-26)30-27(33)20-10-6-5-7-11-20/h5-7,10-18,22H,3-4,8-9H2,1-2H3,(H,29,34)(H,30,33)(H,31,32). The minimum atomic E-state index is -0.162. The van der Waals surface area contributed by atoms with Crippen molar-refractivity contribution >= 4 is 28.5 Å². The zero-order valence-corrected chi connectivity index (χ0v) is 19.6. The van der Waals surface area contributed by atoms with Crippen molar-refractivity contribution in [1.29, 1.82) is 0 Å². The number of carbonyl (C=O) groups is 2. The highest BCUT2D eigenvalue weighted by Crippen LogP contribution is 2.24. The lowest BCUT2D eigenvalue weighted by molar-refractivity contribution is 0.0932. The summed E-state index contributed by atoms with van der Waals surface area (Å²) in [5.41, 5.74) is 4.44. The molecule has 34 heavy (non-hydrogen) atoms. The van der Waals surface area contributed by atoms with E-state index in [1.54, 1.807) is 12.1 Å². The van der Waals surface area contributed by atoms with Crippen LogP contribution in [0.3, 0.4) is 0 Å². The smallest absolute Gasteiger partial charge is 0.255 e. The van der Waals surface area contributed by atoms with Gasteiger partial charge in [-0.15, -0.1) is 0 Å². The molecule has 0 aliphatic rings. The second kappa shape index (κ2) is 10.8. The first-order valence-electron chi connectivity index (χ1n) is 11.8. The number of H-pyrrole nitrogens is 1. The molecule has 1 aromatic heterocycles. The number of aromatic nitrogens is 2. The Balaban J connectivity index is 1.47. The molecule has 0 aliphatic heterocycles. The van der Waals surface area contributed by atoms with Crippen LogP contribution in [0.4, 0.5) is 5.69 Å². The molecule has 0 radical (unpaired) electrons. The van der Waals surface area contributed by atoms with Gasteiger partial charge in [0.25, 0.3) is 11.8 Å². The summed E-state index contributed by atoms with van der Waals surface area (Å²) >= 11 is 0. The Morgan fingerprint density at radius 3 is 2.21 bits per heavy atom. The van der Waals surface area contributed by atoms with Crippen LogP contribution in [-0.2, 0) is 0 Å². The minimum Gasteiger partial charge on any atom is -0.349 e. The second-order valence-corrected chi connectivity index (χ2v) is 8.46. The number of imidazole rings is 1. The van der Waals surface area contributed by atoms with Crippen LogP contribution in [0.25, 0.3) is 22.4 Å². The lowest BCUT2D eigenvalue weighted by Gasteiger charge is -2.17. The van der Waals surface area contributed by atoms with Crippen molar-refractivity contribution in [1.82, 2.24) is 15.3 Å². The molecule has 2 amide bonds. The number of fused-ring (bicyclic) bond motifs is 1. The number of benzene rings is 3. The molecule has 0 saturated carbocycles. The Hall–Kier alpha value is -3.93. The number of amides is 2. The van der Waals surface area contributed by atoms with E-state index in [9.17, 15) is 9.59 Å². The van der Waals surface area contributed by atoms with E-state index in [2.05, 4.69) is 34.4 Å². The Bertz CT molecular complexity index is 1260. The summed E-state index contributed by atoms with van der Waals surface area (Å²) in [5, 5.41) is 6.07. The maximum atomic E-state index is 12.7. The first-order chi connectivity index (χ1) is 16.6. The SMILES string of the molecule is CCCC(CCC)NC(=O)c1ccc(-c2nc3cc(NC(=O)c4ccccc4)ccc3[nH]2)cc1. The molecule has 1 heterocycles. The Kier molecular flexibility index (Phi) is 7.38. The molecule has 0 atom stereocenters. The molecule has 0 spiro atoms. The van der Waals surface area contributed by atoms with E-state index in [0.717, 1.165) is 42.3 Å². The molecule has 4 aromatic rings. The average Bonchev–Trinajstić information content (AvgIpc) is 3.28. The molecule has 174 valence electrons. The third-order valence-electron chi connectivity index (χ3n) is 5.81. The van der Waals surface area contributed by atoms with Crippen LogP contribution in [0, 0.1) is 0 Å². The van der Waals surface area contributed by atoms with Crippen LogP contribution >= 0.6 is 0 Å². The summed E-state index contributed by atoms with van der Waals surface area (Å²) in [6.07, 6.45) is 4.08. The summed E-state index contributed by atoms with van der Waals surface area (Å²) in [4.78, 5) is 33.1. The number of hydrogen-bond acceptors (Lipinski definition) is 3. The molecule has 0 saturated heterocycles. The van der Waals surface area contributed by atoms with Crippen molar-refractivity contribution in [2.75, 3.05) is 5.32 Å². The van der Waals surface area contributed by atoms with E-state index >= 15 is 0 Å². The predicted octanol–water partition coefficient (Wildman–Crippen LogP) is 6.18. The molecule has 0 fully saturated rings. The fourth-order valence-corrected chi connectivity index (χ4v) is 4.05. The molecular formula is C28H30N4O2. The fraction of sp³-hybridized carbons (Fsp3) is 0.250. The van der Waals surface area contributed by atoms with Crippen molar-refractivity contribution in [3.8, 4) is 11.4 Å². The zero-order chi connectivity index (χ0) is 23.9. The van der Waals surface area contributed by atoms with Crippen LogP contribution in [0.15, 0.2) is 72.8 Å². The molecule has 0 aliphatic carbocycles. The summed E-state index contributed by atoms with van der Waals surface area (Å²) in [6, 6.07) is 22.4. The molecule has 4 rings (SSSR count). The van der Waals surface area contributed by atoms with Gasteiger partial charge in [0.05, 0.1) is 11.0 Å². The number of nitrogens with one attached hydrogen (secondary N) is 3. The average molecular weight is 455 g/mol. The molecule has 0 bridgehead atoms. The third kappa shape index (κ3) is 5.52. The largest absolute Gasteiger partial charge is 0.349 e. The van der Waals surface area contributed by atoms with Crippen molar-refractivity contribution in [2.45, 2.75) is 45.6 Å². The van der Waals surface area contributed by atoms with Gasteiger partial charge in [-0.05, 0) is 55.3 Å². The van der Waals surface area contributed by atoms with Gasteiger partial charge in [-0.2, -0.15) is 0 Å². The van der Waals surface area contributed by atoms with Gasteiger partial charge in [-0.25, -0.2) is 4.98 Å². The first kappa shape index (κ1) is 23.2. The number of aromatic amines is 1. The number of anilines is 1. The quantitative estimate of drug-likeness (QED) is 0.282. The van der Waals surface area contributed by atoms with Gasteiger partial charge in [-0.1, -0.05) is 57.0 Å². The van der Waals surface area contributed by atoms with Gasteiger partial charge >= 0.3 is 0 Å². The highest BCUT2D eigenvalue weighted by molar-refractivity contribution is 6.05. The molecule has 3 aromatic carbocycles. The normalized spacial score (nSPS) is 11.0. The maximum absolute atomic E-state index is 12.7. The fourth-order valence-electron chi connectivity index (χ4n) is 4.05. The third-order valence-corrected chi connectivity index (χ3v) is 5.81. The molecule has 0 unspecified atom stereocenters. The van der Waals surface area contributed by atoms with Crippen molar-refractivity contribution < 1.29 is 9.59 Å². The van der Waals surface area contributed by atoms with Crippen molar-refractivity contribution in [3.05, 3.63) is 83.9 Å². The maximum Gasteiger partial charge on any atom is 0.255 e. The van der Waals surface area contributed by atoms with Crippen LogP contribution in [0.5, 0.6) is 0 Å². The molecule has 6 nitrogen and oxygen atoms in total. The zero-order valence-electron chi connectivity index (χ0n) is 19.6. The van der Waals surface area contributed by atoms with Gasteiger partial charge in [0, 0.05) is 28.4 Å². The lowest BCUT2D eigenvalue weighted by atomic mass is 10.1. The van der Waals surface area contributed by atoms with E-state index in [0.29, 0.717) is 22.6 Å². The summed E-state index contributed by atoms with van der Waals surface area (Å²) in [5.74, 6) is 0.509. The van der Waals surface area contributed by atoms with Crippen LogP contribution in [-0.4, -0.2) is 27.8 Å². The van der Waals surface area contributed by atoms with Crippen LogP contribution < -0.4 is 10.6 Å². The number of hydrogen-bond donors (Lipinski definition) is 3. The van der Waals surface area contributed by atoms with E-state index < -0.39 is 0 Å². The summed E-state index contributed by atoms with van der Waals surface area (Å²) in [7, 11) is 0. The van der Waals surface area contributed by atoms with Gasteiger partial charge in [0.1, 0.15) is 5.82 Å². The predicted molar refractivity (Wildman–Crippen MR) is 137 cm³/mol. The van der Waals surface area contributed by atoms with E-state index in [-0.39, 0.29) is 17.9 Å². The molecule has 3 N–H and O–H groups in total. The first-order valence-corrected chi connectivity index (χ1v) is 11.8. The van der Waals surface area contributed by atoms with E-state index in [1.165, 1.54) is 0 Å². The Morgan fingerprint density at radius 1 is 0.853 bits per heavy atom. The van der Waals surface area contributed by atoms with Crippen molar-refractivity contribution in [2.24, 2.45) is 0 Å². The van der Waals surface area contributed by atoms with Gasteiger partial charge in [-0.3, -0.25) is 9.59 Å². The summed E-state index contributed by atoms with van der Waals surface area (Å²) < 4.78 is 0. The molecular weight excluding hydrogens is 424 g/mol. The van der Waals surface area contributed by atoms with Gasteiger partial charge < -0.3 is 15.6 Å². The van der Waals surface area contributed by atoms with E-state index in [1.807, 2.05) is 60.7 Å². The van der Waals surface area contributed by atoms with Crippen LogP contribution in [0.1, 0.15) is 60.2 Å². The Morgan fingerprint density at radius 2 is 1.53 bits per heavy atom.